The number of nitrogens with zero attached hydrogens (tertiary/aromatic N) is 3. The van der Waals surface area contributed by atoms with E-state index in [9.17, 15) is 0 Å². The fourth-order valence-electron chi connectivity index (χ4n) is 2.19. The summed E-state index contributed by atoms with van der Waals surface area (Å²) in [4.78, 5) is 12.8. The lowest BCUT2D eigenvalue weighted by atomic mass is 9.97. The average Bonchev–Trinajstić information content (AvgIpc) is 2.96. The summed E-state index contributed by atoms with van der Waals surface area (Å²) in [7, 11) is 0. The van der Waals surface area contributed by atoms with Gasteiger partial charge in [-0.15, -0.1) is 11.3 Å². The van der Waals surface area contributed by atoms with Crippen LogP contribution in [0.3, 0.4) is 0 Å². The first kappa shape index (κ1) is 14.9. The molecule has 4 nitrogen and oxygen atoms in total. The van der Waals surface area contributed by atoms with E-state index in [4.69, 9.17) is 11.6 Å². The molecule has 0 aliphatic heterocycles. The highest BCUT2D eigenvalue weighted by atomic mass is 35.5. The summed E-state index contributed by atoms with van der Waals surface area (Å²) in [5, 5.41) is 6.22. The van der Waals surface area contributed by atoms with Crippen molar-refractivity contribution < 1.29 is 0 Å². The number of thiazole rings is 1. The smallest absolute Gasteiger partial charge is 0.188 e. The Labute approximate surface area is 138 Å². The van der Waals surface area contributed by atoms with Crippen LogP contribution < -0.4 is 5.32 Å². The van der Waals surface area contributed by atoms with Gasteiger partial charge < -0.3 is 5.32 Å². The first-order chi connectivity index (χ1) is 10.6. The van der Waals surface area contributed by atoms with E-state index in [0.29, 0.717) is 11.0 Å². The lowest BCUT2D eigenvalue weighted by Gasteiger charge is -2.09. The summed E-state index contributed by atoms with van der Waals surface area (Å²) in [5.41, 5.74) is 5.96. The molecule has 3 aromatic rings. The first-order valence-electron chi connectivity index (χ1n) is 6.82. The van der Waals surface area contributed by atoms with Gasteiger partial charge >= 0.3 is 0 Å². The van der Waals surface area contributed by atoms with Crippen molar-refractivity contribution in [3.05, 3.63) is 51.7 Å². The van der Waals surface area contributed by atoms with Crippen molar-refractivity contribution in [2.45, 2.75) is 20.8 Å². The van der Waals surface area contributed by atoms with Crippen LogP contribution in [0, 0.1) is 20.8 Å². The highest BCUT2D eigenvalue weighted by Crippen LogP contribution is 2.31. The van der Waals surface area contributed by atoms with Gasteiger partial charge in [0.05, 0.1) is 5.69 Å². The first-order valence-corrected chi connectivity index (χ1v) is 8.08. The van der Waals surface area contributed by atoms with Crippen molar-refractivity contribution in [1.82, 2.24) is 15.0 Å². The van der Waals surface area contributed by atoms with Crippen LogP contribution in [0.2, 0.25) is 5.15 Å². The SMILES string of the molecule is Cc1ccc(-c2csc(Nc3nccnc3Cl)n2)c(C)c1C. The second kappa shape index (κ2) is 6.02. The summed E-state index contributed by atoms with van der Waals surface area (Å²) in [6, 6.07) is 4.25. The maximum absolute atomic E-state index is 6.00. The standard InChI is InChI=1S/C16H15ClN4S/c1-9-4-5-12(11(3)10(9)2)13-8-22-16(20-13)21-15-14(17)18-6-7-19-15/h4-8H,1-3H3,(H,19,20,21). The molecule has 0 bridgehead atoms. The van der Waals surface area contributed by atoms with E-state index in [1.54, 1.807) is 12.4 Å². The molecular weight excluding hydrogens is 316 g/mol. The molecule has 0 spiro atoms. The Morgan fingerprint density at radius 2 is 1.82 bits per heavy atom. The highest BCUT2D eigenvalue weighted by Gasteiger charge is 2.11. The van der Waals surface area contributed by atoms with Crippen molar-refractivity contribution in [3.8, 4) is 11.3 Å². The van der Waals surface area contributed by atoms with E-state index in [2.05, 4.69) is 53.2 Å². The second-order valence-electron chi connectivity index (χ2n) is 5.04. The quantitative estimate of drug-likeness (QED) is 0.740. The van der Waals surface area contributed by atoms with Gasteiger partial charge in [-0.25, -0.2) is 15.0 Å². The Morgan fingerprint density at radius 3 is 2.59 bits per heavy atom. The molecule has 0 aliphatic rings. The second-order valence-corrected chi connectivity index (χ2v) is 6.25. The molecule has 1 N–H and O–H groups in total. The van der Waals surface area contributed by atoms with Gasteiger partial charge in [0.15, 0.2) is 16.1 Å². The van der Waals surface area contributed by atoms with Crippen LogP contribution >= 0.6 is 22.9 Å². The fraction of sp³-hybridized carbons (Fsp3) is 0.188. The van der Waals surface area contributed by atoms with E-state index in [0.717, 1.165) is 16.4 Å². The van der Waals surface area contributed by atoms with Crippen molar-refractivity contribution in [3.63, 3.8) is 0 Å². The van der Waals surface area contributed by atoms with E-state index in [1.165, 1.54) is 28.0 Å². The number of hydrogen-bond acceptors (Lipinski definition) is 5. The number of nitrogens with one attached hydrogen (secondary N) is 1. The molecule has 2 heterocycles. The largest absolute Gasteiger partial charge is 0.314 e. The van der Waals surface area contributed by atoms with Crippen LogP contribution in [0.25, 0.3) is 11.3 Å². The molecule has 0 amide bonds. The maximum atomic E-state index is 6.00. The topological polar surface area (TPSA) is 50.7 Å². The van der Waals surface area contributed by atoms with Crippen LogP contribution in [-0.4, -0.2) is 15.0 Å². The van der Waals surface area contributed by atoms with Crippen molar-refractivity contribution in [2.24, 2.45) is 0 Å². The Bertz CT molecular complexity index is 829. The average molecular weight is 331 g/mol. The zero-order chi connectivity index (χ0) is 15.7. The number of rotatable bonds is 3. The van der Waals surface area contributed by atoms with Crippen molar-refractivity contribution in [1.29, 1.82) is 0 Å². The molecule has 0 saturated heterocycles. The summed E-state index contributed by atoms with van der Waals surface area (Å²) in [5.74, 6) is 0.516. The minimum absolute atomic E-state index is 0.335. The number of aryl methyl sites for hydroxylation is 1. The van der Waals surface area contributed by atoms with Gasteiger partial charge in [0, 0.05) is 23.3 Å². The molecule has 0 radical (unpaired) electrons. The third-order valence-corrected chi connectivity index (χ3v) is 4.75. The Hall–Kier alpha value is -1.98. The maximum Gasteiger partial charge on any atom is 0.188 e. The van der Waals surface area contributed by atoms with E-state index in [1.807, 2.05) is 5.38 Å². The summed E-state index contributed by atoms with van der Waals surface area (Å²) in [6.07, 6.45) is 3.15. The van der Waals surface area contributed by atoms with Crippen LogP contribution in [0.4, 0.5) is 10.9 Å². The third kappa shape index (κ3) is 2.82. The normalized spacial score (nSPS) is 10.7. The molecule has 1 aromatic carbocycles. The van der Waals surface area contributed by atoms with Gasteiger partial charge in [0.25, 0.3) is 0 Å². The van der Waals surface area contributed by atoms with E-state index < -0.39 is 0 Å². The Morgan fingerprint density at radius 1 is 1.05 bits per heavy atom. The summed E-state index contributed by atoms with van der Waals surface area (Å²) in [6.45, 7) is 6.39. The molecule has 112 valence electrons. The predicted molar refractivity (Wildman–Crippen MR) is 92.1 cm³/mol. The molecule has 0 unspecified atom stereocenters. The predicted octanol–water partition coefficient (Wildman–Crippen LogP) is 4.92. The Balaban J connectivity index is 1.92. The zero-order valence-corrected chi connectivity index (χ0v) is 14.1. The molecule has 2 aromatic heterocycles. The number of benzene rings is 1. The van der Waals surface area contributed by atoms with Crippen molar-refractivity contribution in [2.75, 3.05) is 5.32 Å². The molecule has 0 saturated carbocycles. The van der Waals surface area contributed by atoms with Gasteiger partial charge in [-0.2, -0.15) is 0 Å². The molecular formula is C16H15ClN4S. The molecule has 0 aliphatic carbocycles. The van der Waals surface area contributed by atoms with Gasteiger partial charge in [-0.05, 0) is 37.5 Å². The fourth-order valence-corrected chi connectivity index (χ4v) is 3.06. The number of aromatic nitrogens is 3. The van der Waals surface area contributed by atoms with E-state index in [-0.39, 0.29) is 0 Å². The minimum Gasteiger partial charge on any atom is -0.314 e. The van der Waals surface area contributed by atoms with Crippen LogP contribution in [0.5, 0.6) is 0 Å². The zero-order valence-electron chi connectivity index (χ0n) is 12.5. The monoisotopic (exact) mass is 330 g/mol. The summed E-state index contributed by atoms with van der Waals surface area (Å²) >= 11 is 7.52. The highest BCUT2D eigenvalue weighted by molar-refractivity contribution is 7.14. The molecule has 0 fully saturated rings. The lowest BCUT2D eigenvalue weighted by molar-refractivity contribution is 1.19. The molecule has 0 atom stereocenters. The number of hydrogen-bond donors (Lipinski definition) is 1. The van der Waals surface area contributed by atoms with Gasteiger partial charge in [-0.1, -0.05) is 23.7 Å². The Kier molecular flexibility index (Phi) is 4.09. The van der Waals surface area contributed by atoms with Crippen LogP contribution in [0.15, 0.2) is 29.9 Å². The number of anilines is 2. The number of halogens is 1. The third-order valence-electron chi connectivity index (χ3n) is 3.72. The minimum atomic E-state index is 0.335. The van der Waals surface area contributed by atoms with Gasteiger partial charge in [0.1, 0.15) is 0 Å². The van der Waals surface area contributed by atoms with E-state index >= 15 is 0 Å². The van der Waals surface area contributed by atoms with Crippen molar-refractivity contribution >= 4 is 33.9 Å². The lowest BCUT2D eigenvalue weighted by Crippen LogP contribution is -1.95. The molecule has 6 heteroatoms. The van der Waals surface area contributed by atoms with Gasteiger partial charge in [0.2, 0.25) is 0 Å². The van der Waals surface area contributed by atoms with Gasteiger partial charge in [-0.3, -0.25) is 0 Å². The molecule has 3 rings (SSSR count). The summed E-state index contributed by atoms with van der Waals surface area (Å²) < 4.78 is 0. The van der Waals surface area contributed by atoms with Crippen LogP contribution in [-0.2, 0) is 0 Å². The molecule has 22 heavy (non-hydrogen) atoms. The van der Waals surface area contributed by atoms with Crippen LogP contribution in [0.1, 0.15) is 16.7 Å².